The van der Waals surface area contributed by atoms with E-state index in [9.17, 15) is 9.18 Å². The Morgan fingerprint density at radius 1 is 1.39 bits per heavy atom. The van der Waals surface area contributed by atoms with Crippen molar-refractivity contribution in [2.24, 2.45) is 0 Å². The van der Waals surface area contributed by atoms with Crippen molar-refractivity contribution in [1.82, 2.24) is 9.97 Å². The van der Waals surface area contributed by atoms with Gasteiger partial charge in [-0.3, -0.25) is 10.1 Å². The molecular weight excluding hydrogens is 324 g/mol. The quantitative estimate of drug-likeness (QED) is 0.860. The lowest BCUT2D eigenvalue weighted by Gasteiger charge is -2.04. The molecule has 1 amide bonds. The van der Waals surface area contributed by atoms with Crippen LogP contribution in [0.15, 0.2) is 34.9 Å². The summed E-state index contributed by atoms with van der Waals surface area (Å²) in [7, 11) is 0. The second-order valence-electron chi connectivity index (χ2n) is 3.32. The van der Waals surface area contributed by atoms with E-state index in [2.05, 4.69) is 31.2 Å². The summed E-state index contributed by atoms with van der Waals surface area (Å²) in [6.07, 6.45) is 1.41. The first kappa shape index (κ1) is 12.9. The van der Waals surface area contributed by atoms with Gasteiger partial charge in [-0.2, -0.15) is 0 Å². The highest BCUT2D eigenvalue weighted by Crippen LogP contribution is 2.16. The predicted molar refractivity (Wildman–Crippen MR) is 69.1 cm³/mol. The first-order valence-electron chi connectivity index (χ1n) is 4.80. The fourth-order valence-corrected chi connectivity index (χ4v) is 1.86. The van der Waals surface area contributed by atoms with Gasteiger partial charge < -0.3 is 0 Å². The summed E-state index contributed by atoms with van der Waals surface area (Å²) in [5.74, 6) is -0.966. The van der Waals surface area contributed by atoms with Crippen LogP contribution in [-0.4, -0.2) is 15.9 Å². The molecule has 2 rings (SSSR count). The van der Waals surface area contributed by atoms with Crippen LogP contribution in [0.3, 0.4) is 0 Å². The molecule has 1 N–H and O–H groups in total. The van der Waals surface area contributed by atoms with Crippen LogP contribution in [0.1, 0.15) is 10.4 Å². The SMILES string of the molecule is O=C(Nc1nccc(Cl)n1)c1cc(F)cc(Br)c1. The molecule has 18 heavy (non-hydrogen) atoms. The van der Waals surface area contributed by atoms with E-state index in [0.717, 1.165) is 6.07 Å². The van der Waals surface area contributed by atoms with E-state index in [4.69, 9.17) is 11.6 Å². The first-order chi connectivity index (χ1) is 8.54. The topological polar surface area (TPSA) is 54.9 Å². The van der Waals surface area contributed by atoms with Gasteiger partial charge in [-0.15, -0.1) is 0 Å². The Balaban J connectivity index is 2.22. The Bertz CT molecular complexity index is 588. The van der Waals surface area contributed by atoms with Crippen molar-refractivity contribution in [2.75, 3.05) is 5.32 Å². The lowest BCUT2D eigenvalue weighted by molar-refractivity contribution is 0.102. The Hall–Kier alpha value is -1.53. The number of hydrogen-bond acceptors (Lipinski definition) is 3. The summed E-state index contributed by atoms with van der Waals surface area (Å²) in [6, 6.07) is 5.34. The van der Waals surface area contributed by atoms with Gasteiger partial charge in [0.25, 0.3) is 5.91 Å². The lowest BCUT2D eigenvalue weighted by Crippen LogP contribution is -2.14. The third-order valence-corrected chi connectivity index (χ3v) is 2.64. The second kappa shape index (κ2) is 5.41. The standard InChI is InChI=1S/C11H6BrClFN3O/c12-7-3-6(4-8(14)5-7)10(18)17-11-15-2-1-9(13)16-11/h1-5H,(H,15,16,17,18). The molecule has 0 fully saturated rings. The molecule has 0 spiro atoms. The number of rotatable bonds is 2. The van der Waals surface area contributed by atoms with E-state index < -0.39 is 11.7 Å². The lowest BCUT2D eigenvalue weighted by atomic mass is 10.2. The Morgan fingerprint density at radius 2 is 2.17 bits per heavy atom. The minimum atomic E-state index is -0.516. The predicted octanol–water partition coefficient (Wildman–Crippen LogP) is 3.28. The molecule has 2 aromatic rings. The molecule has 0 aliphatic heterocycles. The molecule has 0 aliphatic carbocycles. The molecule has 0 atom stereocenters. The number of carbonyl (C=O) groups excluding carboxylic acids is 1. The number of nitrogens with zero attached hydrogens (tertiary/aromatic N) is 2. The van der Waals surface area contributed by atoms with Crippen molar-refractivity contribution in [2.45, 2.75) is 0 Å². The van der Waals surface area contributed by atoms with E-state index >= 15 is 0 Å². The number of aromatic nitrogens is 2. The molecule has 0 unspecified atom stereocenters. The smallest absolute Gasteiger partial charge is 0.258 e. The molecule has 92 valence electrons. The third kappa shape index (κ3) is 3.24. The van der Waals surface area contributed by atoms with E-state index in [0.29, 0.717) is 4.47 Å². The molecule has 0 radical (unpaired) electrons. The van der Waals surface area contributed by atoms with Crippen LogP contribution in [0.25, 0.3) is 0 Å². The Kier molecular flexibility index (Phi) is 3.88. The van der Waals surface area contributed by atoms with E-state index in [1.165, 1.54) is 24.4 Å². The number of carbonyl (C=O) groups is 1. The maximum atomic E-state index is 13.1. The zero-order valence-corrected chi connectivity index (χ0v) is 11.2. The van der Waals surface area contributed by atoms with Gasteiger partial charge in [-0.1, -0.05) is 27.5 Å². The van der Waals surface area contributed by atoms with Crippen molar-refractivity contribution < 1.29 is 9.18 Å². The largest absolute Gasteiger partial charge is 0.290 e. The fraction of sp³-hybridized carbons (Fsp3) is 0. The first-order valence-corrected chi connectivity index (χ1v) is 5.98. The average Bonchev–Trinajstić information content (AvgIpc) is 2.27. The van der Waals surface area contributed by atoms with Gasteiger partial charge in [-0.25, -0.2) is 14.4 Å². The van der Waals surface area contributed by atoms with Crippen LogP contribution < -0.4 is 5.32 Å². The van der Waals surface area contributed by atoms with Crippen LogP contribution in [0.4, 0.5) is 10.3 Å². The average molecular weight is 331 g/mol. The van der Waals surface area contributed by atoms with E-state index in [1.54, 1.807) is 0 Å². The highest BCUT2D eigenvalue weighted by molar-refractivity contribution is 9.10. The van der Waals surface area contributed by atoms with Crippen LogP contribution in [0.5, 0.6) is 0 Å². The molecule has 1 heterocycles. The maximum absolute atomic E-state index is 13.1. The molecule has 0 saturated carbocycles. The van der Waals surface area contributed by atoms with Crippen molar-refractivity contribution in [1.29, 1.82) is 0 Å². The molecule has 1 aromatic carbocycles. The number of hydrogen-bond donors (Lipinski definition) is 1. The summed E-state index contributed by atoms with van der Waals surface area (Å²) in [5.41, 5.74) is 0.158. The Labute approximate surface area is 115 Å². The van der Waals surface area contributed by atoms with Crippen molar-refractivity contribution >= 4 is 39.4 Å². The zero-order valence-electron chi connectivity index (χ0n) is 8.82. The third-order valence-electron chi connectivity index (χ3n) is 1.97. The van der Waals surface area contributed by atoms with Crippen LogP contribution >= 0.6 is 27.5 Å². The number of anilines is 1. The molecule has 0 saturated heterocycles. The summed E-state index contributed by atoms with van der Waals surface area (Å²) in [6.45, 7) is 0. The van der Waals surface area contributed by atoms with Gasteiger partial charge in [0.1, 0.15) is 11.0 Å². The molecule has 0 aliphatic rings. The van der Waals surface area contributed by atoms with Gasteiger partial charge in [0.15, 0.2) is 0 Å². The van der Waals surface area contributed by atoms with Crippen molar-refractivity contribution in [3.8, 4) is 0 Å². The van der Waals surface area contributed by atoms with Gasteiger partial charge in [-0.05, 0) is 24.3 Å². The van der Waals surface area contributed by atoms with Crippen LogP contribution in [0, 0.1) is 5.82 Å². The van der Waals surface area contributed by atoms with Crippen LogP contribution in [-0.2, 0) is 0 Å². The summed E-state index contributed by atoms with van der Waals surface area (Å²) in [4.78, 5) is 19.4. The van der Waals surface area contributed by atoms with Crippen LogP contribution in [0.2, 0.25) is 5.15 Å². The maximum Gasteiger partial charge on any atom is 0.258 e. The second-order valence-corrected chi connectivity index (χ2v) is 4.62. The summed E-state index contributed by atoms with van der Waals surface area (Å²) in [5, 5.41) is 2.63. The van der Waals surface area contributed by atoms with E-state index in [-0.39, 0.29) is 16.7 Å². The summed E-state index contributed by atoms with van der Waals surface area (Å²) >= 11 is 8.76. The minimum absolute atomic E-state index is 0.0629. The van der Waals surface area contributed by atoms with Gasteiger partial charge in [0.2, 0.25) is 5.95 Å². The van der Waals surface area contributed by atoms with Gasteiger partial charge in [0.05, 0.1) is 0 Å². The number of amides is 1. The zero-order chi connectivity index (χ0) is 13.1. The monoisotopic (exact) mass is 329 g/mol. The highest BCUT2D eigenvalue weighted by atomic mass is 79.9. The molecule has 1 aromatic heterocycles. The van der Waals surface area contributed by atoms with E-state index in [1.807, 2.05) is 0 Å². The molecule has 7 heteroatoms. The number of benzene rings is 1. The highest BCUT2D eigenvalue weighted by Gasteiger charge is 2.10. The number of halogens is 3. The fourth-order valence-electron chi connectivity index (χ4n) is 1.26. The molecule has 4 nitrogen and oxygen atoms in total. The number of nitrogens with one attached hydrogen (secondary N) is 1. The minimum Gasteiger partial charge on any atom is -0.290 e. The van der Waals surface area contributed by atoms with Gasteiger partial charge >= 0.3 is 0 Å². The van der Waals surface area contributed by atoms with Crippen molar-refractivity contribution in [3.05, 3.63) is 51.5 Å². The molecule has 0 bridgehead atoms. The van der Waals surface area contributed by atoms with Crippen molar-refractivity contribution in [3.63, 3.8) is 0 Å². The van der Waals surface area contributed by atoms with Gasteiger partial charge in [0, 0.05) is 16.2 Å². The normalized spacial score (nSPS) is 10.2. The molecular formula is C11H6BrClFN3O. The summed E-state index contributed by atoms with van der Waals surface area (Å²) < 4.78 is 13.6. The Morgan fingerprint density at radius 3 is 2.83 bits per heavy atom.